The minimum atomic E-state index is -3.89. The molecule has 2 aromatic rings. The highest BCUT2D eigenvalue weighted by molar-refractivity contribution is 7.91. The maximum absolute atomic E-state index is 13.1. The molecule has 6 nitrogen and oxygen atoms in total. The van der Waals surface area contributed by atoms with Crippen molar-refractivity contribution in [3.05, 3.63) is 53.6 Å². The van der Waals surface area contributed by atoms with Gasteiger partial charge in [-0.25, -0.2) is 16.8 Å². The van der Waals surface area contributed by atoms with Crippen LogP contribution in [0.4, 0.5) is 0 Å². The lowest BCUT2D eigenvalue weighted by molar-refractivity contribution is 0.377. The third-order valence-electron chi connectivity index (χ3n) is 4.28. The molecule has 0 amide bonds. The number of rotatable bonds is 4. The Bertz CT molecular complexity index is 1010. The van der Waals surface area contributed by atoms with E-state index in [1.165, 1.54) is 29.6 Å². The molecule has 0 bridgehead atoms. The zero-order chi connectivity index (χ0) is 18.2. The van der Waals surface area contributed by atoms with Gasteiger partial charge in [0.1, 0.15) is 10.6 Å². The summed E-state index contributed by atoms with van der Waals surface area (Å²) in [6.07, 6.45) is 1.66. The van der Waals surface area contributed by atoms with Gasteiger partial charge in [0.25, 0.3) is 0 Å². The van der Waals surface area contributed by atoms with Crippen molar-refractivity contribution >= 4 is 19.9 Å². The number of methoxy groups -OCH3 is 1. The SMILES string of the molecule is COc1ccc(S(C)(=O)=O)cc1S(=O)(=O)N1CCc2ccccc2C1. The third kappa shape index (κ3) is 3.42. The van der Waals surface area contributed by atoms with Crippen molar-refractivity contribution in [2.45, 2.75) is 22.8 Å². The first-order valence-corrected chi connectivity index (χ1v) is 11.0. The standard InChI is InChI=1S/C17H19NO5S2/c1-23-16-8-7-15(24(2,19)20)11-17(16)25(21,22)18-10-9-13-5-3-4-6-14(13)12-18/h3-8,11H,9-10,12H2,1-2H3. The van der Waals surface area contributed by atoms with Gasteiger partial charge in [-0.1, -0.05) is 24.3 Å². The van der Waals surface area contributed by atoms with Crippen LogP contribution in [0.5, 0.6) is 5.75 Å². The lowest BCUT2D eigenvalue weighted by atomic mass is 10.0. The van der Waals surface area contributed by atoms with Crippen molar-refractivity contribution in [1.82, 2.24) is 4.31 Å². The highest BCUT2D eigenvalue weighted by Crippen LogP contribution is 2.32. The number of hydrogen-bond acceptors (Lipinski definition) is 5. The molecule has 0 radical (unpaired) electrons. The second-order valence-corrected chi connectivity index (χ2v) is 9.86. The molecule has 1 aliphatic heterocycles. The van der Waals surface area contributed by atoms with E-state index in [1.54, 1.807) is 0 Å². The predicted octanol–water partition coefficient (Wildman–Crippen LogP) is 1.85. The van der Waals surface area contributed by atoms with E-state index in [0.717, 1.165) is 17.4 Å². The molecule has 0 aromatic heterocycles. The molecule has 0 atom stereocenters. The first-order chi connectivity index (χ1) is 11.7. The van der Waals surface area contributed by atoms with Crippen LogP contribution in [-0.4, -0.2) is 41.1 Å². The Labute approximate surface area is 148 Å². The van der Waals surface area contributed by atoms with Gasteiger partial charge >= 0.3 is 0 Å². The van der Waals surface area contributed by atoms with Gasteiger partial charge in [0, 0.05) is 19.3 Å². The Hall–Kier alpha value is -1.90. The summed E-state index contributed by atoms with van der Waals surface area (Å²) < 4.78 is 56.3. The molecular weight excluding hydrogens is 362 g/mol. The normalized spacial score (nSPS) is 15.6. The zero-order valence-corrected chi connectivity index (χ0v) is 15.6. The average Bonchev–Trinajstić information content (AvgIpc) is 2.59. The van der Waals surface area contributed by atoms with Crippen LogP contribution in [0.15, 0.2) is 52.3 Å². The summed E-state index contributed by atoms with van der Waals surface area (Å²) in [6, 6.07) is 11.6. The summed E-state index contributed by atoms with van der Waals surface area (Å²) in [5.74, 6) is 0.131. The van der Waals surface area contributed by atoms with Gasteiger partial charge in [-0.2, -0.15) is 4.31 Å². The Balaban J connectivity index is 2.06. The first kappa shape index (κ1) is 17.9. The molecule has 1 aliphatic rings. The third-order valence-corrected chi connectivity index (χ3v) is 7.25. The number of fused-ring (bicyclic) bond motifs is 1. The second kappa shape index (κ2) is 6.44. The smallest absolute Gasteiger partial charge is 0.247 e. The van der Waals surface area contributed by atoms with E-state index in [-0.39, 0.29) is 22.1 Å². The molecule has 0 fully saturated rings. The van der Waals surface area contributed by atoms with Crippen LogP contribution in [0.25, 0.3) is 0 Å². The molecule has 0 saturated heterocycles. The molecule has 0 unspecified atom stereocenters. The van der Waals surface area contributed by atoms with Crippen molar-refractivity contribution in [1.29, 1.82) is 0 Å². The minimum Gasteiger partial charge on any atom is -0.495 e. The van der Waals surface area contributed by atoms with E-state index >= 15 is 0 Å². The summed E-state index contributed by atoms with van der Waals surface area (Å²) in [4.78, 5) is -0.179. The van der Waals surface area contributed by atoms with Crippen molar-refractivity contribution < 1.29 is 21.6 Å². The molecule has 25 heavy (non-hydrogen) atoms. The topological polar surface area (TPSA) is 80.8 Å². The first-order valence-electron chi connectivity index (χ1n) is 7.68. The maximum Gasteiger partial charge on any atom is 0.247 e. The minimum absolute atomic E-state index is 0.0516. The summed E-state index contributed by atoms with van der Waals surface area (Å²) in [7, 11) is -6.05. The number of ether oxygens (including phenoxy) is 1. The molecule has 0 spiro atoms. The Morgan fingerprint density at radius 1 is 1.00 bits per heavy atom. The van der Waals surface area contributed by atoms with Gasteiger partial charge in [0.2, 0.25) is 10.0 Å². The van der Waals surface area contributed by atoms with Gasteiger partial charge in [0.05, 0.1) is 12.0 Å². The number of nitrogens with zero attached hydrogens (tertiary/aromatic N) is 1. The highest BCUT2D eigenvalue weighted by atomic mass is 32.2. The number of sulfonamides is 1. The fourth-order valence-electron chi connectivity index (χ4n) is 2.90. The van der Waals surface area contributed by atoms with Crippen LogP contribution in [0.3, 0.4) is 0 Å². The number of hydrogen-bond donors (Lipinski definition) is 0. The van der Waals surface area contributed by atoms with Gasteiger partial charge in [0.15, 0.2) is 9.84 Å². The average molecular weight is 381 g/mol. The zero-order valence-electron chi connectivity index (χ0n) is 14.0. The Morgan fingerprint density at radius 2 is 1.68 bits per heavy atom. The number of sulfone groups is 1. The molecule has 1 heterocycles. The van der Waals surface area contributed by atoms with E-state index in [2.05, 4.69) is 0 Å². The lowest BCUT2D eigenvalue weighted by Crippen LogP contribution is -2.36. The summed E-state index contributed by atoms with van der Waals surface area (Å²) >= 11 is 0. The van der Waals surface area contributed by atoms with Crippen LogP contribution >= 0.6 is 0 Å². The Kier molecular flexibility index (Phi) is 4.61. The summed E-state index contributed by atoms with van der Waals surface area (Å²) in [6.45, 7) is 0.594. The van der Waals surface area contributed by atoms with Crippen molar-refractivity contribution in [2.24, 2.45) is 0 Å². The fourth-order valence-corrected chi connectivity index (χ4v) is 5.23. The van der Waals surface area contributed by atoms with Crippen LogP contribution in [0.1, 0.15) is 11.1 Å². The van der Waals surface area contributed by atoms with Gasteiger partial charge < -0.3 is 4.74 Å². The monoisotopic (exact) mass is 381 g/mol. The molecule has 2 aromatic carbocycles. The molecule has 0 N–H and O–H groups in total. The molecule has 3 rings (SSSR count). The Morgan fingerprint density at radius 3 is 2.32 bits per heavy atom. The van der Waals surface area contributed by atoms with Crippen LogP contribution in [-0.2, 0) is 32.8 Å². The predicted molar refractivity (Wildman–Crippen MR) is 93.8 cm³/mol. The second-order valence-electron chi connectivity index (χ2n) is 5.94. The van der Waals surface area contributed by atoms with Crippen molar-refractivity contribution in [3.8, 4) is 5.75 Å². The van der Waals surface area contributed by atoms with Gasteiger partial charge in [-0.05, 0) is 35.7 Å². The van der Waals surface area contributed by atoms with E-state index in [9.17, 15) is 16.8 Å². The molecule has 8 heteroatoms. The van der Waals surface area contributed by atoms with E-state index in [1.807, 2.05) is 24.3 Å². The van der Waals surface area contributed by atoms with Crippen molar-refractivity contribution in [2.75, 3.05) is 19.9 Å². The largest absolute Gasteiger partial charge is 0.495 e. The highest BCUT2D eigenvalue weighted by Gasteiger charge is 2.31. The van der Waals surface area contributed by atoms with E-state index < -0.39 is 19.9 Å². The van der Waals surface area contributed by atoms with Gasteiger partial charge in [-0.3, -0.25) is 0 Å². The van der Waals surface area contributed by atoms with E-state index in [0.29, 0.717) is 13.0 Å². The lowest BCUT2D eigenvalue weighted by Gasteiger charge is -2.28. The quantitative estimate of drug-likeness (QED) is 0.807. The molecular formula is C17H19NO5S2. The van der Waals surface area contributed by atoms with Crippen LogP contribution < -0.4 is 4.74 Å². The van der Waals surface area contributed by atoms with Gasteiger partial charge in [-0.15, -0.1) is 0 Å². The molecule has 134 valence electrons. The summed E-state index contributed by atoms with van der Waals surface area (Å²) in [5.41, 5.74) is 2.08. The van der Waals surface area contributed by atoms with Crippen LogP contribution in [0, 0.1) is 0 Å². The maximum atomic E-state index is 13.1. The molecule has 0 aliphatic carbocycles. The number of benzene rings is 2. The molecule has 0 saturated carbocycles. The van der Waals surface area contributed by atoms with E-state index in [4.69, 9.17) is 4.74 Å². The van der Waals surface area contributed by atoms with Crippen LogP contribution in [0.2, 0.25) is 0 Å². The summed E-state index contributed by atoms with van der Waals surface area (Å²) in [5, 5.41) is 0. The fraction of sp³-hybridized carbons (Fsp3) is 0.294. The van der Waals surface area contributed by atoms with Crippen molar-refractivity contribution in [3.63, 3.8) is 0 Å².